The van der Waals surface area contributed by atoms with Gasteiger partial charge in [-0.15, -0.1) is 0 Å². The van der Waals surface area contributed by atoms with Crippen LogP contribution in [0.2, 0.25) is 0 Å². The van der Waals surface area contributed by atoms with Crippen molar-refractivity contribution in [3.05, 3.63) is 83.7 Å². The highest BCUT2D eigenvalue weighted by atomic mass is 32.1. The summed E-state index contributed by atoms with van der Waals surface area (Å²) in [7, 11) is 0. The predicted molar refractivity (Wildman–Crippen MR) is 107 cm³/mol. The third-order valence-corrected chi connectivity index (χ3v) is 4.35. The number of thiocarbonyl (C=S) groups is 1. The SMILES string of the molecule is Cc1ccccc1Cn1cc(NC(=S)NC(C)c2ccccc2)cn1. The van der Waals surface area contributed by atoms with Gasteiger partial charge in [0, 0.05) is 6.20 Å². The molecule has 0 saturated carbocycles. The number of hydrogen-bond donors (Lipinski definition) is 2. The topological polar surface area (TPSA) is 41.9 Å². The lowest BCUT2D eigenvalue weighted by Gasteiger charge is -2.16. The standard InChI is InChI=1S/C20H22N4S/c1-15-8-6-7-11-18(15)13-24-14-19(12-21-24)23-20(25)22-16(2)17-9-4-3-5-10-17/h3-12,14,16H,13H2,1-2H3,(H2,22,23,25). The Hall–Kier alpha value is -2.66. The van der Waals surface area contributed by atoms with E-state index in [0.29, 0.717) is 5.11 Å². The maximum atomic E-state index is 5.41. The zero-order valence-electron chi connectivity index (χ0n) is 14.4. The second kappa shape index (κ2) is 7.94. The van der Waals surface area contributed by atoms with Gasteiger partial charge >= 0.3 is 0 Å². The van der Waals surface area contributed by atoms with Crippen LogP contribution in [0.15, 0.2) is 67.0 Å². The van der Waals surface area contributed by atoms with Crippen LogP contribution in [-0.2, 0) is 6.54 Å². The predicted octanol–water partition coefficient (Wildman–Crippen LogP) is 4.29. The number of anilines is 1. The van der Waals surface area contributed by atoms with E-state index in [0.717, 1.165) is 12.2 Å². The molecule has 0 aliphatic carbocycles. The summed E-state index contributed by atoms with van der Waals surface area (Å²) in [5.74, 6) is 0. The van der Waals surface area contributed by atoms with Gasteiger partial charge < -0.3 is 10.6 Å². The van der Waals surface area contributed by atoms with E-state index < -0.39 is 0 Å². The Kier molecular flexibility index (Phi) is 5.46. The lowest BCUT2D eigenvalue weighted by molar-refractivity contribution is 0.684. The minimum Gasteiger partial charge on any atom is -0.356 e. The van der Waals surface area contributed by atoms with Crippen LogP contribution < -0.4 is 10.6 Å². The molecule has 25 heavy (non-hydrogen) atoms. The maximum absolute atomic E-state index is 5.41. The summed E-state index contributed by atoms with van der Waals surface area (Å²) in [6, 6.07) is 18.7. The van der Waals surface area contributed by atoms with E-state index in [1.54, 1.807) is 6.20 Å². The first-order valence-corrected chi connectivity index (χ1v) is 8.72. The molecule has 1 atom stereocenters. The van der Waals surface area contributed by atoms with Crippen molar-refractivity contribution in [2.45, 2.75) is 26.4 Å². The molecule has 3 aromatic rings. The summed E-state index contributed by atoms with van der Waals surface area (Å²) in [6.07, 6.45) is 3.76. The number of hydrogen-bond acceptors (Lipinski definition) is 2. The zero-order valence-corrected chi connectivity index (χ0v) is 15.3. The van der Waals surface area contributed by atoms with Gasteiger partial charge in [0.15, 0.2) is 5.11 Å². The molecule has 0 amide bonds. The van der Waals surface area contributed by atoms with E-state index in [-0.39, 0.29) is 6.04 Å². The molecular weight excluding hydrogens is 328 g/mol. The Bertz CT molecular complexity index is 842. The Labute approximate surface area is 153 Å². The van der Waals surface area contributed by atoms with Crippen LogP contribution >= 0.6 is 12.2 Å². The Morgan fingerprint density at radius 1 is 1.12 bits per heavy atom. The summed E-state index contributed by atoms with van der Waals surface area (Å²) < 4.78 is 1.91. The van der Waals surface area contributed by atoms with Gasteiger partial charge in [0.25, 0.3) is 0 Å². The van der Waals surface area contributed by atoms with Gasteiger partial charge in [-0.3, -0.25) is 4.68 Å². The van der Waals surface area contributed by atoms with E-state index in [1.165, 1.54) is 16.7 Å². The van der Waals surface area contributed by atoms with Gasteiger partial charge in [-0.25, -0.2) is 0 Å². The summed E-state index contributed by atoms with van der Waals surface area (Å²) in [4.78, 5) is 0. The molecule has 2 aromatic carbocycles. The number of rotatable bonds is 5. The van der Waals surface area contributed by atoms with Crippen LogP contribution in [0.25, 0.3) is 0 Å². The van der Waals surface area contributed by atoms with Gasteiger partial charge in [-0.05, 0) is 42.8 Å². The highest BCUT2D eigenvalue weighted by molar-refractivity contribution is 7.80. The monoisotopic (exact) mass is 350 g/mol. The molecule has 5 heteroatoms. The average molecular weight is 350 g/mol. The van der Waals surface area contributed by atoms with Crippen molar-refractivity contribution in [3.63, 3.8) is 0 Å². The maximum Gasteiger partial charge on any atom is 0.171 e. The van der Waals surface area contributed by atoms with Crippen LogP contribution in [-0.4, -0.2) is 14.9 Å². The Morgan fingerprint density at radius 3 is 2.60 bits per heavy atom. The van der Waals surface area contributed by atoms with Crippen molar-refractivity contribution in [2.24, 2.45) is 0 Å². The molecule has 0 bridgehead atoms. The molecule has 1 aromatic heterocycles. The first-order valence-electron chi connectivity index (χ1n) is 8.31. The van der Waals surface area contributed by atoms with Crippen molar-refractivity contribution >= 4 is 23.0 Å². The number of benzene rings is 2. The molecule has 0 fully saturated rings. The lowest BCUT2D eigenvalue weighted by atomic mass is 10.1. The van der Waals surface area contributed by atoms with Gasteiger partial charge in [-0.2, -0.15) is 5.10 Å². The zero-order chi connectivity index (χ0) is 17.6. The fraction of sp³-hybridized carbons (Fsp3) is 0.200. The molecule has 0 spiro atoms. The van der Waals surface area contributed by atoms with Crippen LogP contribution in [0.5, 0.6) is 0 Å². The minimum atomic E-state index is 0.142. The highest BCUT2D eigenvalue weighted by Crippen LogP contribution is 2.13. The third-order valence-electron chi connectivity index (χ3n) is 4.13. The van der Waals surface area contributed by atoms with Crippen molar-refractivity contribution in [3.8, 4) is 0 Å². The Balaban J connectivity index is 1.58. The number of aromatic nitrogens is 2. The van der Waals surface area contributed by atoms with Crippen LogP contribution in [0.4, 0.5) is 5.69 Å². The molecule has 0 aliphatic rings. The van der Waals surface area contributed by atoms with E-state index in [2.05, 4.69) is 59.9 Å². The van der Waals surface area contributed by atoms with Crippen LogP contribution in [0.3, 0.4) is 0 Å². The fourth-order valence-electron chi connectivity index (χ4n) is 2.67. The van der Waals surface area contributed by atoms with Gasteiger partial charge in [0.2, 0.25) is 0 Å². The number of nitrogens with one attached hydrogen (secondary N) is 2. The third kappa shape index (κ3) is 4.67. The van der Waals surface area contributed by atoms with E-state index in [4.69, 9.17) is 12.2 Å². The number of nitrogens with zero attached hydrogens (tertiary/aromatic N) is 2. The van der Waals surface area contributed by atoms with Crippen molar-refractivity contribution in [2.75, 3.05) is 5.32 Å². The molecule has 0 radical (unpaired) electrons. The first kappa shape index (κ1) is 17.2. The van der Waals surface area contributed by atoms with Crippen LogP contribution in [0.1, 0.15) is 29.7 Å². The van der Waals surface area contributed by atoms with Crippen molar-refractivity contribution < 1.29 is 0 Å². The molecular formula is C20H22N4S. The first-order chi connectivity index (χ1) is 12.1. The van der Waals surface area contributed by atoms with Gasteiger partial charge in [0.05, 0.1) is 24.5 Å². The minimum absolute atomic E-state index is 0.142. The molecule has 1 unspecified atom stereocenters. The molecule has 0 saturated heterocycles. The quantitative estimate of drug-likeness (QED) is 0.674. The summed E-state index contributed by atoms with van der Waals surface area (Å²) in [5.41, 5.74) is 4.60. The number of aryl methyl sites for hydroxylation is 1. The van der Waals surface area contributed by atoms with E-state index >= 15 is 0 Å². The summed E-state index contributed by atoms with van der Waals surface area (Å²) >= 11 is 5.41. The molecule has 128 valence electrons. The second-order valence-corrected chi connectivity index (χ2v) is 6.49. The lowest BCUT2D eigenvalue weighted by Crippen LogP contribution is -2.30. The summed E-state index contributed by atoms with van der Waals surface area (Å²) in [6.45, 7) is 4.95. The molecule has 4 nitrogen and oxygen atoms in total. The molecule has 2 N–H and O–H groups in total. The molecule has 0 aliphatic heterocycles. The molecule has 1 heterocycles. The van der Waals surface area contributed by atoms with Crippen LogP contribution in [0, 0.1) is 6.92 Å². The van der Waals surface area contributed by atoms with Crippen molar-refractivity contribution in [1.82, 2.24) is 15.1 Å². The van der Waals surface area contributed by atoms with Crippen molar-refractivity contribution in [1.29, 1.82) is 0 Å². The summed E-state index contributed by atoms with van der Waals surface area (Å²) in [5, 5.41) is 11.5. The van der Waals surface area contributed by atoms with E-state index in [9.17, 15) is 0 Å². The largest absolute Gasteiger partial charge is 0.356 e. The smallest absolute Gasteiger partial charge is 0.171 e. The molecule has 3 rings (SSSR count). The highest BCUT2D eigenvalue weighted by Gasteiger charge is 2.08. The fourth-order valence-corrected chi connectivity index (χ4v) is 2.96. The van der Waals surface area contributed by atoms with E-state index in [1.807, 2.05) is 35.1 Å². The normalized spacial score (nSPS) is 11.8. The second-order valence-electron chi connectivity index (χ2n) is 6.08. The van der Waals surface area contributed by atoms with Gasteiger partial charge in [-0.1, -0.05) is 54.6 Å². The average Bonchev–Trinajstić information content (AvgIpc) is 3.04. The van der Waals surface area contributed by atoms with Gasteiger partial charge in [0.1, 0.15) is 0 Å². The Morgan fingerprint density at radius 2 is 1.84 bits per heavy atom.